The SMILES string of the molecule is COCC(c1cnc(NC(=O)OC(C)(C)C)s1)N1CC(F)(F)CCC1=O. The van der Waals surface area contributed by atoms with Crippen molar-refractivity contribution in [3.8, 4) is 0 Å². The molecule has 1 fully saturated rings. The quantitative estimate of drug-likeness (QED) is 0.832. The highest BCUT2D eigenvalue weighted by molar-refractivity contribution is 7.15. The molecule has 2 heterocycles. The van der Waals surface area contributed by atoms with Gasteiger partial charge in [0.25, 0.3) is 5.92 Å². The van der Waals surface area contributed by atoms with Crippen LogP contribution in [0.2, 0.25) is 0 Å². The number of methoxy groups -OCH3 is 1. The van der Waals surface area contributed by atoms with Crippen LogP contribution in [0.3, 0.4) is 0 Å². The summed E-state index contributed by atoms with van der Waals surface area (Å²) in [5.74, 6) is -3.28. The molecule has 1 atom stereocenters. The van der Waals surface area contributed by atoms with Gasteiger partial charge in [-0.2, -0.15) is 0 Å². The van der Waals surface area contributed by atoms with Gasteiger partial charge in [0.2, 0.25) is 5.91 Å². The highest BCUT2D eigenvalue weighted by atomic mass is 32.1. The molecule has 146 valence electrons. The molecule has 1 aliphatic rings. The summed E-state index contributed by atoms with van der Waals surface area (Å²) in [7, 11) is 1.43. The van der Waals surface area contributed by atoms with Gasteiger partial charge in [-0.3, -0.25) is 10.1 Å². The lowest BCUT2D eigenvalue weighted by atomic mass is 10.0. The number of hydrogen-bond donors (Lipinski definition) is 1. The number of piperidine rings is 1. The number of hydrogen-bond acceptors (Lipinski definition) is 6. The molecule has 0 aliphatic carbocycles. The van der Waals surface area contributed by atoms with E-state index in [1.54, 1.807) is 20.8 Å². The van der Waals surface area contributed by atoms with Crippen molar-refractivity contribution in [1.82, 2.24) is 9.88 Å². The number of carbonyl (C=O) groups is 2. The van der Waals surface area contributed by atoms with Crippen LogP contribution in [0.25, 0.3) is 0 Å². The maximum absolute atomic E-state index is 13.8. The topological polar surface area (TPSA) is 80.8 Å². The van der Waals surface area contributed by atoms with E-state index >= 15 is 0 Å². The first-order valence-electron chi connectivity index (χ1n) is 8.13. The van der Waals surface area contributed by atoms with Gasteiger partial charge in [-0.1, -0.05) is 11.3 Å². The van der Waals surface area contributed by atoms with Gasteiger partial charge in [0.1, 0.15) is 5.60 Å². The van der Waals surface area contributed by atoms with E-state index in [1.807, 2.05) is 0 Å². The van der Waals surface area contributed by atoms with E-state index in [-0.39, 0.29) is 24.1 Å². The Bertz CT molecular complexity index is 660. The maximum atomic E-state index is 13.8. The minimum absolute atomic E-state index is 0.0515. The molecule has 1 unspecified atom stereocenters. The molecule has 0 radical (unpaired) electrons. The van der Waals surface area contributed by atoms with Crippen LogP contribution in [0, 0.1) is 0 Å². The van der Waals surface area contributed by atoms with Crippen LogP contribution in [0.1, 0.15) is 44.5 Å². The summed E-state index contributed by atoms with van der Waals surface area (Å²) in [4.78, 5) is 29.7. The molecule has 2 rings (SSSR count). The normalized spacial score (nSPS) is 18.5. The van der Waals surface area contributed by atoms with Crippen LogP contribution < -0.4 is 5.32 Å². The Labute approximate surface area is 154 Å². The highest BCUT2D eigenvalue weighted by Crippen LogP contribution is 2.35. The summed E-state index contributed by atoms with van der Waals surface area (Å²) >= 11 is 1.09. The highest BCUT2D eigenvalue weighted by Gasteiger charge is 2.42. The summed E-state index contributed by atoms with van der Waals surface area (Å²) in [5.41, 5.74) is -0.658. The number of amides is 2. The fourth-order valence-electron chi connectivity index (χ4n) is 2.51. The Morgan fingerprint density at radius 3 is 2.81 bits per heavy atom. The first-order valence-corrected chi connectivity index (χ1v) is 8.94. The van der Waals surface area contributed by atoms with Crippen molar-refractivity contribution in [2.24, 2.45) is 0 Å². The molecule has 0 spiro atoms. The lowest BCUT2D eigenvalue weighted by Gasteiger charge is -2.37. The Kier molecular flexibility index (Phi) is 6.17. The lowest BCUT2D eigenvalue weighted by molar-refractivity contribution is -0.153. The zero-order chi connectivity index (χ0) is 19.5. The molecular weight excluding hydrogens is 368 g/mol. The number of alkyl halides is 2. The monoisotopic (exact) mass is 391 g/mol. The van der Waals surface area contributed by atoms with E-state index in [4.69, 9.17) is 9.47 Å². The molecule has 1 saturated heterocycles. The molecule has 26 heavy (non-hydrogen) atoms. The van der Waals surface area contributed by atoms with Crippen LogP contribution in [0.5, 0.6) is 0 Å². The van der Waals surface area contributed by atoms with E-state index in [0.29, 0.717) is 4.88 Å². The second-order valence-corrected chi connectivity index (χ2v) is 8.11. The molecule has 1 N–H and O–H groups in total. The molecular formula is C16H23F2N3O4S. The lowest BCUT2D eigenvalue weighted by Crippen LogP contribution is -2.48. The third kappa shape index (κ3) is 5.60. The Balaban J connectivity index is 2.14. The number of ether oxygens (including phenoxy) is 2. The van der Waals surface area contributed by atoms with Crippen LogP contribution in [-0.2, 0) is 14.3 Å². The van der Waals surface area contributed by atoms with Gasteiger partial charge in [-0.15, -0.1) is 0 Å². The van der Waals surface area contributed by atoms with E-state index in [1.165, 1.54) is 13.3 Å². The van der Waals surface area contributed by atoms with Crippen molar-refractivity contribution < 1.29 is 27.8 Å². The molecule has 0 aromatic carbocycles. The standard InChI is InChI=1S/C16H23F2N3O4S/c1-15(2,3)25-14(23)20-13-19-7-11(26-13)10(8-24-4)21-9-16(17,18)6-5-12(21)22/h7,10H,5-6,8-9H2,1-4H3,(H,19,20,23). The minimum Gasteiger partial charge on any atom is -0.444 e. The molecule has 1 aromatic heterocycles. The van der Waals surface area contributed by atoms with Crippen LogP contribution >= 0.6 is 11.3 Å². The second kappa shape index (κ2) is 7.83. The van der Waals surface area contributed by atoms with Gasteiger partial charge >= 0.3 is 6.09 Å². The van der Waals surface area contributed by atoms with Crippen molar-refractivity contribution in [3.63, 3.8) is 0 Å². The number of nitrogens with one attached hydrogen (secondary N) is 1. The average Bonchev–Trinajstić information content (AvgIpc) is 2.93. The fraction of sp³-hybridized carbons (Fsp3) is 0.688. The number of rotatable bonds is 5. The summed E-state index contributed by atoms with van der Waals surface area (Å²) in [5, 5.41) is 2.76. The summed E-state index contributed by atoms with van der Waals surface area (Å²) in [6.07, 6.45) is 0.119. The number of aromatic nitrogens is 1. The summed E-state index contributed by atoms with van der Waals surface area (Å²) in [6.45, 7) is 4.59. The predicted molar refractivity (Wildman–Crippen MR) is 92.5 cm³/mol. The van der Waals surface area contributed by atoms with Crippen LogP contribution in [-0.4, -0.2) is 53.7 Å². The van der Waals surface area contributed by atoms with Gasteiger partial charge in [0.05, 0.1) is 24.1 Å². The fourth-order valence-corrected chi connectivity index (χ4v) is 3.41. The van der Waals surface area contributed by atoms with E-state index in [0.717, 1.165) is 16.2 Å². The zero-order valence-corrected chi connectivity index (χ0v) is 16.0. The van der Waals surface area contributed by atoms with Gasteiger partial charge in [0.15, 0.2) is 5.13 Å². The van der Waals surface area contributed by atoms with Gasteiger partial charge < -0.3 is 14.4 Å². The zero-order valence-electron chi connectivity index (χ0n) is 15.2. The summed E-state index contributed by atoms with van der Waals surface area (Å²) in [6, 6.07) is -0.689. The molecule has 1 aliphatic heterocycles. The molecule has 2 amide bonds. The predicted octanol–water partition coefficient (Wildman–Crippen LogP) is 3.44. The summed E-state index contributed by atoms with van der Waals surface area (Å²) < 4.78 is 37.8. The number of thiazole rings is 1. The number of anilines is 1. The van der Waals surface area contributed by atoms with Gasteiger partial charge in [0, 0.05) is 26.1 Å². The Morgan fingerprint density at radius 2 is 2.19 bits per heavy atom. The van der Waals surface area contributed by atoms with Crippen molar-refractivity contribution in [3.05, 3.63) is 11.1 Å². The van der Waals surface area contributed by atoms with E-state index in [9.17, 15) is 18.4 Å². The number of halogens is 2. The first kappa shape index (κ1) is 20.5. The number of nitrogens with zero attached hydrogens (tertiary/aromatic N) is 2. The van der Waals surface area contributed by atoms with Crippen LogP contribution in [0.15, 0.2) is 6.20 Å². The van der Waals surface area contributed by atoms with Crippen molar-refractivity contribution in [1.29, 1.82) is 0 Å². The van der Waals surface area contributed by atoms with Crippen LogP contribution in [0.4, 0.5) is 18.7 Å². The average molecular weight is 391 g/mol. The van der Waals surface area contributed by atoms with Crippen molar-refractivity contribution >= 4 is 28.5 Å². The first-order chi connectivity index (χ1) is 12.0. The van der Waals surface area contributed by atoms with Gasteiger partial charge in [-0.05, 0) is 20.8 Å². The van der Waals surface area contributed by atoms with E-state index < -0.39 is 36.6 Å². The molecule has 7 nitrogen and oxygen atoms in total. The third-order valence-electron chi connectivity index (χ3n) is 3.59. The maximum Gasteiger partial charge on any atom is 0.413 e. The minimum atomic E-state index is -2.93. The van der Waals surface area contributed by atoms with Gasteiger partial charge in [-0.25, -0.2) is 18.6 Å². The third-order valence-corrected chi connectivity index (χ3v) is 4.60. The smallest absolute Gasteiger partial charge is 0.413 e. The second-order valence-electron chi connectivity index (χ2n) is 7.04. The van der Waals surface area contributed by atoms with Crippen molar-refractivity contribution in [2.45, 2.75) is 51.2 Å². The largest absolute Gasteiger partial charge is 0.444 e. The van der Waals surface area contributed by atoms with Crippen molar-refractivity contribution in [2.75, 3.05) is 25.6 Å². The molecule has 0 saturated carbocycles. The molecule has 10 heteroatoms. The van der Waals surface area contributed by atoms with E-state index in [2.05, 4.69) is 10.3 Å². The molecule has 0 bridgehead atoms. The number of likely N-dealkylation sites (tertiary alicyclic amines) is 1. The Hall–Kier alpha value is -1.81. The number of carbonyl (C=O) groups excluding carboxylic acids is 2. The Morgan fingerprint density at radius 1 is 1.50 bits per heavy atom. The molecule has 1 aromatic rings.